The first-order chi connectivity index (χ1) is 8.26. The van der Waals surface area contributed by atoms with Gasteiger partial charge in [-0.15, -0.1) is 12.4 Å². The number of likely N-dealkylation sites (tertiary alicyclic amines) is 1. The van der Waals surface area contributed by atoms with Gasteiger partial charge in [0.25, 0.3) is 0 Å². The lowest BCUT2D eigenvalue weighted by Crippen LogP contribution is -2.28. The molecule has 2 saturated heterocycles. The van der Waals surface area contributed by atoms with Gasteiger partial charge in [-0.25, -0.2) is 0 Å². The second kappa shape index (κ2) is 5.79. The van der Waals surface area contributed by atoms with Crippen molar-refractivity contribution in [3.63, 3.8) is 0 Å². The van der Waals surface area contributed by atoms with Gasteiger partial charge >= 0.3 is 0 Å². The summed E-state index contributed by atoms with van der Waals surface area (Å²) in [6.45, 7) is 5.98. The van der Waals surface area contributed by atoms with E-state index in [2.05, 4.69) is 22.3 Å². The Morgan fingerprint density at radius 2 is 2.00 bits per heavy atom. The zero-order valence-corrected chi connectivity index (χ0v) is 12.1. The Morgan fingerprint density at radius 1 is 1.22 bits per heavy atom. The number of benzene rings is 1. The average Bonchev–Trinajstić information content (AvgIpc) is 2.94. The van der Waals surface area contributed by atoms with E-state index in [1.165, 1.54) is 44.6 Å². The molecule has 2 nitrogen and oxygen atoms in total. The first-order valence-corrected chi connectivity index (χ1v) is 6.81. The van der Waals surface area contributed by atoms with Gasteiger partial charge in [-0.3, -0.25) is 4.90 Å². The van der Waals surface area contributed by atoms with E-state index in [9.17, 15) is 0 Å². The minimum atomic E-state index is 0. The highest BCUT2D eigenvalue weighted by molar-refractivity contribution is 6.30. The van der Waals surface area contributed by atoms with Crippen molar-refractivity contribution in [3.05, 3.63) is 34.9 Å². The number of hydrogen-bond acceptors (Lipinski definition) is 2. The maximum atomic E-state index is 5.90. The molecule has 2 fully saturated rings. The van der Waals surface area contributed by atoms with Crippen LogP contribution in [0.3, 0.4) is 0 Å². The van der Waals surface area contributed by atoms with Gasteiger partial charge in [-0.05, 0) is 49.0 Å². The first kappa shape index (κ1) is 14.1. The largest absolute Gasteiger partial charge is 0.316 e. The summed E-state index contributed by atoms with van der Waals surface area (Å²) in [5, 5.41) is 4.33. The van der Waals surface area contributed by atoms with Crippen LogP contribution in [0.5, 0.6) is 0 Å². The van der Waals surface area contributed by atoms with E-state index >= 15 is 0 Å². The van der Waals surface area contributed by atoms with Crippen molar-refractivity contribution >= 4 is 24.0 Å². The highest BCUT2D eigenvalue weighted by atomic mass is 35.5. The lowest BCUT2D eigenvalue weighted by Gasteiger charge is -2.22. The fourth-order valence-electron chi connectivity index (χ4n) is 3.15. The van der Waals surface area contributed by atoms with E-state index < -0.39 is 0 Å². The summed E-state index contributed by atoms with van der Waals surface area (Å²) in [6.07, 6.45) is 2.71. The van der Waals surface area contributed by atoms with Gasteiger partial charge in [0.15, 0.2) is 0 Å². The molecule has 18 heavy (non-hydrogen) atoms. The van der Waals surface area contributed by atoms with Gasteiger partial charge in [0.05, 0.1) is 0 Å². The zero-order chi connectivity index (χ0) is 11.7. The predicted octanol–water partition coefficient (Wildman–Crippen LogP) is 2.95. The van der Waals surface area contributed by atoms with Crippen molar-refractivity contribution in [2.45, 2.75) is 19.4 Å². The normalized spacial score (nSPS) is 27.6. The summed E-state index contributed by atoms with van der Waals surface area (Å²) in [7, 11) is 0. The molecule has 4 heteroatoms. The molecule has 1 aromatic carbocycles. The van der Waals surface area contributed by atoms with Gasteiger partial charge in [0.2, 0.25) is 0 Å². The van der Waals surface area contributed by atoms with Crippen LogP contribution in [0.1, 0.15) is 18.4 Å². The molecule has 2 aliphatic rings. The fraction of sp³-hybridized carbons (Fsp3) is 0.571. The van der Waals surface area contributed by atoms with Crippen molar-refractivity contribution in [2.75, 3.05) is 26.2 Å². The third-order valence-electron chi connectivity index (χ3n) is 4.17. The fourth-order valence-corrected chi connectivity index (χ4v) is 3.28. The van der Waals surface area contributed by atoms with Gasteiger partial charge in [0, 0.05) is 24.7 Å². The molecule has 1 atom stereocenters. The molecular weight excluding hydrogens is 267 g/mol. The van der Waals surface area contributed by atoms with E-state index in [0.717, 1.165) is 11.6 Å². The van der Waals surface area contributed by atoms with E-state index in [0.29, 0.717) is 5.41 Å². The molecule has 0 saturated carbocycles. The summed E-state index contributed by atoms with van der Waals surface area (Å²) < 4.78 is 0. The number of nitrogens with one attached hydrogen (secondary N) is 1. The second-order valence-corrected chi connectivity index (χ2v) is 5.95. The van der Waals surface area contributed by atoms with Crippen LogP contribution < -0.4 is 5.32 Å². The summed E-state index contributed by atoms with van der Waals surface area (Å²) in [4.78, 5) is 2.58. The maximum absolute atomic E-state index is 5.90. The number of nitrogens with zero attached hydrogens (tertiary/aromatic N) is 1. The lowest BCUT2D eigenvalue weighted by atomic mass is 9.87. The van der Waals surface area contributed by atoms with Crippen molar-refractivity contribution in [1.29, 1.82) is 0 Å². The van der Waals surface area contributed by atoms with E-state index in [1.807, 2.05) is 12.1 Å². The molecule has 1 aromatic rings. The average molecular weight is 287 g/mol. The Kier molecular flexibility index (Phi) is 4.54. The Hall–Kier alpha value is -0.280. The van der Waals surface area contributed by atoms with Gasteiger partial charge < -0.3 is 5.32 Å². The SMILES string of the molecule is Cl.Clc1ccc(CN2CCC3(CCNC3)C2)cc1. The van der Waals surface area contributed by atoms with Crippen molar-refractivity contribution in [2.24, 2.45) is 5.41 Å². The van der Waals surface area contributed by atoms with Gasteiger partial charge in [-0.2, -0.15) is 0 Å². The quantitative estimate of drug-likeness (QED) is 0.899. The van der Waals surface area contributed by atoms with E-state index in [4.69, 9.17) is 11.6 Å². The van der Waals surface area contributed by atoms with Crippen molar-refractivity contribution in [3.8, 4) is 0 Å². The van der Waals surface area contributed by atoms with Crippen LogP contribution in [-0.4, -0.2) is 31.1 Å². The predicted molar refractivity (Wildman–Crippen MR) is 78.5 cm³/mol. The molecule has 0 amide bonds. The molecule has 1 spiro atoms. The molecule has 2 aliphatic heterocycles. The van der Waals surface area contributed by atoms with Crippen LogP contribution in [0.25, 0.3) is 0 Å². The molecule has 0 aliphatic carbocycles. The molecule has 2 heterocycles. The smallest absolute Gasteiger partial charge is 0.0406 e. The molecule has 1 unspecified atom stereocenters. The van der Waals surface area contributed by atoms with Gasteiger partial charge in [0.1, 0.15) is 0 Å². The topological polar surface area (TPSA) is 15.3 Å². The summed E-state index contributed by atoms with van der Waals surface area (Å²) in [5.41, 5.74) is 1.95. The third kappa shape index (κ3) is 3.00. The summed E-state index contributed by atoms with van der Waals surface area (Å²) in [5.74, 6) is 0. The molecule has 0 bridgehead atoms. The Morgan fingerprint density at radius 3 is 2.67 bits per heavy atom. The molecule has 3 rings (SSSR count). The van der Waals surface area contributed by atoms with Crippen LogP contribution in [0.4, 0.5) is 0 Å². The molecular formula is C14H20Cl2N2. The zero-order valence-electron chi connectivity index (χ0n) is 10.5. The monoisotopic (exact) mass is 286 g/mol. The Balaban J connectivity index is 0.00000120. The van der Waals surface area contributed by atoms with Crippen LogP contribution in [0.2, 0.25) is 5.02 Å². The lowest BCUT2D eigenvalue weighted by molar-refractivity contribution is 0.268. The standard InChI is InChI=1S/C14H19ClN2.ClH/c15-13-3-1-12(2-4-13)9-17-8-6-14(11-17)5-7-16-10-14;/h1-4,16H,5-11H2;1H. The summed E-state index contributed by atoms with van der Waals surface area (Å²) in [6, 6.07) is 8.25. The number of rotatable bonds is 2. The van der Waals surface area contributed by atoms with Crippen LogP contribution >= 0.6 is 24.0 Å². The maximum Gasteiger partial charge on any atom is 0.0406 e. The molecule has 0 radical (unpaired) electrons. The van der Waals surface area contributed by atoms with E-state index in [1.54, 1.807) is 0 Å². The summed E-state index contributed by atoms with van der Waals surface area (Å²) >= 11 is 5.90. The van der Waals surface area contributed by atoms with Crippen LogP contribution in [0.15, 0.2) is 24.3 Å². The Labute approximate surface area is 120 Å². The molecule has 1 N–H and O–H groups in total. The number of halogens is 2. The number of hydrogen-bond donors (Lipinski definition) is 1. The Bertz CT molecular complexity index is 385. The molecule has 0 aromatic heterocycles. The highest BCUT2D eigenvalue weighted by Gasteiger charge is 2.39. The minimum Gasteiger partial charge on any atom is -0.316 e. The highest BCUT2D eigenvalue weighted by Crippen LogP contribution is 2.36. The van der Waals surface area contributed by atoms with E-state index in [-0.39, 0.29) is 12.4 Å². The van der Waals surface area contributed by atoms with Crippen LogP contribution in [0, 0.1) is 5.41 Å². The second-order valence-electron chi connectivity index (χ2n) is 5.51. The minimum absolute atomic E-state index is 0. The van der Waals surface area contributed by atoms with Crippen molar-refractivity contribution in [1.82, 2.24) is 10.2 Å². The van der Waals surface area contributed by atoms with Crippen LogP contribution in [-0.2, 0) is 6.54 Å². The first-order valence-electron chi connectivity index (χ1n) is 6.43. The van der Waals surface area contributed by atoms with Crippen molar-refractivity contribution < 1.29 is 0 Å². The third-order valence-corrected chi connectivity index (χ3v) is 4.42. The molecule has 100 valence electrons. The van der Waals surface area contributed by atoms with Gasteiger partial charge in [-0.1, -0.05) is 23.7 Å².